The number of fused-ring (bicyclic) bond motifs is 2. The van der Waals surface area contributed by atoms with Crippen molar-refractivity contribution in [3.05, 3.63) is 28.5 Å². The smallest absolute Gasteiger partial charge is 0.418 e. The molecule has 1 saturated carbocycles. The van der Waals surface area contributed by atoms with Crippen LogP contribution < -0.4 is 20.1 Å². The average Bonchev–Trinajstić information content (AvgIpc) is 3.37. The van der Waals surface area contributed by atoms with Crippen LogP contribution in [0.15, 0.2) is 12.1 Å². The number of nitrogens with two attached hydrogens (primary N) is 1. The van der Waals surface area contributed by atoms with Gasteiger partial charge in [-0.25, -0.2) is 9.37 Å². The standard InChI is InChI=1S/C30H33ClF4N6O3/c1-40-9-4-8-29(7-3-5-20(29)40)14-43-28-38-25-21-26(39-28)41(2)18-6-10-42-13-19(18)44-27(21)37-24(23(25)32)16-11-15(36)12-17(31)22(16)30(33,34)35/h11-12,18-20H,3-10,13-14,36H2,1-2H3/t18-,19-,20+,29+/m0/s1. The van der Waals surface area contributed by atoms with Crippen molar-refractivity contribution in [1.29, 1.82) is 0 Å². The van der Waals surface area contributed by atoms with Gasteiger partial charge in [0.15, 0.2) is 5.82 Å². The van der Waals surface area contributed by atoms with Gasteiger partial charge in [0, 0.05) is 36.4 Å². The predicted octanol–water partition coefficient (Wildman–Crippen LogP) is 5.71. The number of hydrogen-bond acceptors (Lipinski definition) is 9. The topological polar surface area (TPSA) is 98.9 Å². The monoisotopic (exact) mass is 636 g/mol. The van der Waals surface area contributed by atoms with Crippen molar-refractivity contribution < 1.29 is 31.8 Å². The van der Waals surface area contributed by atoms with E-state index in [2.05, 4.69) is 21.9 Å². The van der Waals surface area contributed by atoms with Crippen LogP contribution in [-0.4, -0.2) is 78.5 Å². The van der Waals surface area contributed by atoms with Crippen molar-refractivity contribution in [2.75, 3.05) is 51.1 Å². The summed E-state index contributed by atoms with van der Waals surface area (Å²) in [5.41, 5.74) is 2.97. The molecule has 2 aromatic heterocycles. The fraction of sp³-hybridized carbons (Fsp3) is 0.567. The first-order chi connectivity index (χ1) is 21.0. The lowest BCUT2D eigenvalue weighted by Crippen LogP contribution is -2.50. The summed E-state index contributed by atoms with van der Waals surface area (Å²) in [6, 6.07) is 2.08. The van der Waals surface area contributed by atoms with Gasteiger partial charge in [-0.05, 0) is 57.8 Å². The fourth-order valence-electron chi connectivity index (χ4n) is 7.73. The highest BCUT2D eigenvalue weighted by atomic mass is 35.5. The molecule has 44 heavy (non-hydrogen) atoms. The molecule has 2 N–H and O–H groups in total. The number of rotatable bonds is 4. The third-order valence-corrected chi connectivity index (χ3v) is 10.1. The normalized spacial score (nSPS) is 27.1. The van der Waals surface area contributed by atoms with Gasteiger partial charge in [-0.3, -0.25) is 0 Å². The largest absolute Gasteiger partial charge is 0.469 e. The summed E-state index contributed by atoms with van der Waals surface area (Å²) in [4.78, 5) is 17.8. The molecule has 0 unspecified atom stereocenters. The van der Waals surface area contributed by atoms with Gasteiger partial charge in [0.2, 0.25) is 5.88 Å². The van der Waals surface area contributed by atoms with Crippen LogP contribution >= 0.6 is 11.6 Å². The molecule has 9 nitrogen and oxygen atoms in total. The zero-order valence-electron chi connectivity index (χ0n) is 24.4. The Hall–Kier alpha value is -3.16. The minimum atomic E-state index is -4.92. The Balaban J connectivity index is 1.41. The minimum absolute atomic E-state index is 0.0539. The molecule has 3 fully saturated rings. The molecule has 3 aromatic rings. The first kappa shape index (κ1) is 29.5. The Labute approximate surface area is 256 Å². The van der Waals surface area contributed by atoms with E-state index in [1.807, 2.05) is 11.9 Å². The molecule has 1 aromatic carbocycles. The Morgan fingerprint density at radius 1 is 1.14 bits per heavy atom. The van der Waals surface area contributed by atoms with E-state index >= 15 is 4.39 Å². The molecule has 0 radical (unpaired) electrons. The second-order valence-electron chi connectivity index (χ2n) is 12.4. The molecule has 3 aliphatic heterocycles. The molecule has 4 aliphatic rings. The molecule has 5 heterocycles. The highest BCUT2D eigenvalue weighted by Gasteiger charge is 2.48. The maximum absolute atomic E-state index is 16.6. The van der Waals surface area contributed by atoms with Gasteiger partial charge < -0.3 is 29.7 Å². The summed E-state index contributed by atoms with van der Waals surface area (Å²) in [6.07, 6.45) is 0.345. The first-order valence-corrected chi connectivity index (χ1v) is 15.2. The fourth-order valence-corrected chi connectivity index (χ4v) is 8.07. The van der Waals surface area contributed by atoms with E-state index < -0.39 is 39.9 Å². The van der Waals surface area contributed by atoms with E-state index in [1.165, 1.54) is 0 Å². The summed E-state index contributed by atoms with van der Waals surface area (Å²) in [5.74, 6) is -0.857. The average molecular weight is 637 g/mol. The van der Waals surface area contributed by atoms with Gasteiger partial charge in [0.05, 0.1) is 29.8 Å². The SMILES string of the molecule is CN1CCC[C@@]2(COc3nc4c5c(nc(-c6cc(N)cc(Cl)c6C(F)(F)F)c(F)c5n3)O[C@H]3COCC[C@@H]3N4C)CCC[C@@H]12. The van der Waals surface area contributed by atoms with Crippen LogP contribution in [0.2, 0.25) is 5.02 Å². The molecule has 0 bridgehead atoms. The van der Waals surface area contributed by atoms with Gasteiger partial charge in [-0.2, -0.15) is 23.1 Å². The van der Waals surface area contributed by atoms with E-state index in [4.69, 9.17) is 36.5 Å². The molecular formula is C30H33ClF4N6O3. The van der Waals surface area contributed by atoms with Crippen molar-refractivity contribution >= 4 is 34.0 Å². The third kappa shape index (κ3) is 4.78. The molecule has 0 amide bonds. The van der Waals surface area contributed by atoms with Crippen LogP contribution in [0.3, 0.4) is 0 Å². The Bertz CT molecular complexity index is 1630. The number of alkyl halides is 3. The van der Waals surface area contributed by atoms with Crippen molar-refractivity contribution in [2.45, 2.75) is 62.9 Å². The number of likely N-dealkylation sites (N-methyl/N-ethyl adjacent to an activating group) is 1. The zero-order chi connectivity index (χ0) is 31.0. The first-order valence-electron chi connectivity index (χ1n) is 14.8. The molecule has 2 saturated heterocycles. The van der Waals surface area contributed by atoms with Crippen molar-refractivity contribution in [3.8, 4) is 23.1 Å². The third-order valence-electron chi connectivity index (χ3n) is 9.79. The number of pyridine rings is 1. The number of nitrogens with zero attached hydrogens (tertiary/aromatic N) is 5. The van der Waals surface area contributed by atoms with Crippen LogP contribution in [0.4, 0.5) is 29.1 Å². The quantitative estimate of drug-likeness (QED) is 0.285. The number of piperidine rings is 1. The zero-order valence-corrected chi connectivity index (χ0v) is 25.1. The van der Waals surface area contributed by atoms with E-state index in [9.17, 15) is 13.2 Å². The predicted molar refractivity (Wildman–Crippen MR) is 157 cm³/mol. The maximum Gasteiger partial charge on any atom is 0.418 e. The maximum atomic E-state index is 16.6. The highest BCUT2D eigenvalue weighted by Crippen LogP contribution is 2.49. The summed E-state index contributed by atoms with van der Waals surface area (Å²) in [5, 5.41) is -0.523. The minimum Gasteiger partial charge on any atom is -0.469 e. The van der Waals surface area contributed by atoms with Crippen LogP contribution in [0.1, 0.15) is 44.1 Å². The van der Waals surface area contributed by atoms with Gasteiger partial charge in [0.25, 0.3) is 0 Å². The van der Waals surface area contributed by atoms with E-state index in [0.717, 1.165) is 50.8 Å². The number of hydrogen-bond donors (Lipinski definition) is 1. The van der Waals surface area contributed by atoms with Gasteiger partial charge in [0.1, 0.15) is 28.5 Å². The van der Waals surface area contributed by atoms with E-state index in [1.54, 1.807) is 0 Å². The molecule has 14 heteroatoms. The number of benzene rings is 1. The van der Waals surface area contributed by atoms with Crippen molar-refractivity contribution in [2.24, 2.45) is 5.41 Å². The van der Waals surface area contributed by atoms with Gasteiger partial charge in [-0.1, -0.05) is 18.0 Å². The molecular weight excluding hydrogens is 604 g/mol. The van der Waals surface area contributed by atoms with Crippen LogP contribution in [0, 0.1) is 11.2 Å². The van der Waals surface area contributed by atoms with Gasteiger partial charge >= 0.3 is 12.2 Å². The molecule has 7 rings (SSSR count). The second kappa shape index (κ2) is 10.7. The van der Waals surface area contributed by atoms with Gasteiger partial charge in [-0.15, -0.1) is 0 Å². The summed E-state index contributed by atoms with van der Waals surface area (Å²) < 4.78 is 77.6. The number of anilines is 2. The van der Waals surface area contributed by atoms with Crippen LogP contribution in [-0.2, 0) is 10.9 Å². The van der Waals surface area contributed by atoms with Crippen LogP contribution in [0.5, 0.6) is 11.9 Å². The Kier molecular flexibility index (Phi) is 7.21. The lowest BCUT2D eigenvalue weighted by atomic mass is 9.76. The van der Waals surface area contributed by atoms with Crippen LogP contribution in [0.25, 0.3) is 22.2 Å². The van der Waals surface area contributed by atoms with Crippen molar-refractivity contribution in [3.63, 3.8) is 0 Å². The number of ether oxygens (including phenoxy) is 3. The summed E-state index contributed by atoms with van der Waals surface area (Å²) in [6.45, 7) is 2.06. The Morgan fingerprint density at radius 2 is 1.93 bits per heavy atom. The number of likely N-dealkylation sites (tertiary alicyclic amines) is 1. The Morgan fingerprint density at radius 3 is 2.73 bits per heavy atom. The molecule has 0 spiro atoms. The van der Waals surface area contributed by atoms with E-state index in [-0.39, 0.29) is 46.5 Å². The molecule has 1 aliphatic carbocycles. The van der Waals surface area contributed by atoms with E-state index in [0.29, 0.717) is 31.5 Å². The second-order valence-corrected chi connectivity index (χ2v) is 12.8. The lowest BCUT2D eigenvalue weighted by molar-refractivity contribution is -0.137. The lowest BCUT2D eigenvalue weighted by Gasteiger charge is -2.44. The van der Waals surface area contributed by atoms with Crippen molar-refractivity contribution in [1.82, 2.24) is 19.9 Å². The molecule has 4 atom stereocenters. The number of aromatic nitrogens is 3. The summed E-state index contributed by atoms with van der Waals surface area (Å²) in [7, 11) is 3.95. The number of halogens is 5. The highest BCUT2D eigenvalue weighted by molar-refractivity contribution is 6.32. The number of nitrogen functional groups attached to an aromatic ring is 1. The molecule has 236 valence electrons. The summed E-state index contributed by atoms with van der Waals surface area (Å²) >= 11 is 6.03.